The second-order valence-corrected chi connectivity index (χ2v) is 9.72. The van der Waals surface area contributed by atoms with Crippen LogP contribution in [0.5, 0.6) is 5.75 Å². The SMILES string of the molecule is COc1ccc(S(=O)(=O)C2CN(C(=O)c3ccc(-c4ccc(C)cc4)cc3)C2)cc1. The molecule has 3 aromatic rings. The number of ether oxygens (including phenoxy) is 1. The van der Waals surface area contributed by atoms with E-state index < -0.39 is 15.1 Å². The standard InChI is InChI=1S/C24H23NO4S/c1-17-3-5-18(6-4-17)19-7-9-20(10-8-19)24(26)25-15-23(16-25)30(27,28)22-13-11-21(29-2)12-14-22/h3-14,23H,15-16H2,1-2H3. The van der Waals surface area contributed by atoms with E-state index in [4.69, 9.17) is 4.74 Å². The van der Waals surface area contributed by atoms with E-state index in [-0.39, 0.29) is 23.9 Å². The minimum Gasteiger partial charge on any atom is -0.497 e. The molecule has 6 heteroatoms. The molecule has 0 unspecified atom stereocenters. The summed E-state index contributed by atoms with van der Waals surface area (Å²) >= 11 is 0. The predicted octanol–water partition coefficient (Wildman–Crippen LogP) is 3.97. The highest BCUT2D eigenvalue weighted by Gasteiger charge is 2.40. The van der Waals surface area contributed by atoms with Crippen LogP contribution in [0, 0.1) is 6.92 Å². The molecule has 5 nitrogen and oxygen atoms in total. The minimum atomic E-state index is -3.47. The number of benzene rings is 3. The first-order valence-electron chi connectivity index (χ1n) is 9.73. The van der Waals surface area contributed by atoms with Crippen LogP contribution < -0.4 is 4.74 Å². The molecule has 30 heavy (non-hydrogen) atoms. The number of likely N-dealkylation sites (tertiary alicyclic amines) is 1. The van der Waals surface area contributed by atoms with Crippen LogP contribution in [-0.2, 0) is 9.84 Å². The highest BCUT2D eigenvalue weighted by atomic mass is 32.2. The van der Waals surface area contributed by atoms with Gasteiger partial charge < -0.3 is 9.64 Å². The van der Waals surface area contributed by atoms with Gasteiger partial charge in [-0.05, 0) is 54.4 Å². The van der Waals surface area contributed by atoms with Gasteiger partial charge in [0.1, 0.15) is 11.0 Å². The first-order valence-corrected chi connectivity index (χ1v) is 11.3. The van der Waals surface area contributed by atoms with Crippen molar-refractivity contribution in [1.82, 2.24) is 4.90 Å². The van der Waals surface area contributed by atoms with Gasteiger partial charge in [-0.25, -0.2) is 8.42 Å². The van der Waals surface area contributed by atoms with Crippen LogP contribution in [0.1, 0.15) is 15.9 Å². The van der Waals surface area contributed by atoms with Crippen molar-refractivity contribution in [3.05, 3.63) is 83.9 Å². The molecule has 1 amide bonds. The summed E-state index contributed by atoms with van der Waals surface area (Å²) in [5.74, 6) is 0.458. The van der Waals surface area contributed by atoms with Gasteiger partial charge in [0.15, 0.2) is 9.84 Å². The van der Waals surface area contributed by atoms with Gasteiger partial charge in [-0.3, -0.25) is 4.79 Å². The lowest BCUT2D eigenvalue weighted by atomic mass is 10.0. The van der Waals surface area contributed by atoms with Crippen LogP contribution >= 0.6 is 0 Å². The zero-order valence-electron chi connectivity index (χ0n) is 16.9. The number of aryl methyl sites for hydroxylation is 1. The fourth-order valence-electron chi connectivity index (χ4n) is 3.49. The van der Waals surface area contributed by atoms with Crippen molar-refractivity contribution in [2.45, 2.75) is 17.1 Å². The van der Waals surface area contributed by atoms with Gasteiger partial charge in [0.2, 0.25) is 0 Å². The molecule has 0 aliphatic carbocycles. The van der Waals surface area contributed by atoms with E-state index in [1.807, 2.05) is 19.1 Å². The number of hydrogen-bond acceptors (Lipinski definition) is 4. The number of amides is 1. The molecular formula is C24H23NO4S. The van der Waals surface area contributed by atoms with Crippen LogP contribution in [0.2, 0.25) is 0 Å². The Balaban J connectivity index is 1.41. The Morgan fingerprint density at radius 2 is 1.40 bits per heavy atom. The van der Waals surface area contributed by atoms with Gasteiger partial charge in [-0.2, -0.15) is 0 Å². The summed E-state index contributed by atoms with van der Waals surface area (Å²) in [6.07, 6.45) is 0. The molecule has 154 valence electrons. The second kappa shape index (κ2) is 7.95. The van der Waals surface area contributed by atoms with E-state index >= 15 is 0 Å². The van der Waals surface area contributed by atoms with E-state index in [9.17, 15) is 13.2 Å². The molecule has 1 fully saturated rings. The van der Waals surface area contributed by atoms with Crippen molar-refractivity contribution in [2.24, 2.45) is 0 Å². The maximum Gasteiger partial charge on any atom is 0.253 e. The fourth-order valence-corrected chi connectivity index (χ4v) is 5.14. The summed E-state index contributed by atoms with van der Waals surface area (Å²) in [5.41, 5.74) is 3.89. The summed E-state index contributed by atoms with van der Waals surface area (Å²) in [6.45, 7) is 2.44. The third-order valence-corrected chi connectivity index (χ3v) is 7.58. The lowest BCUT2D eigenvalue weighted by Gasteiger charge is -2.38. The van der Waals surface area contributed by atoms with Crippen LogP contribution in [0.25, 0.3) is 11.1 Å². The molecule has 1 heterocycles. The van der Waals surface area contributed by atoms with Crippen LogP contribution in [0.15, 0.2) is 77.7 Å². The molecule has 0 spiro atoms. The average molecular weight is 422 g/mol. The van der Waals surface area contributed by atoms with E-state index in [0.717, 1.165) is 11.1 Å². The Kier molecular flexibility index (Phi) is 5.35. The Morgan fingerprint density at radius 1 is 0.867 bits per heavy atom. The Labute approximate surface area is 176 Å². The number of carbonyl (C=O) groups is 1. The number of hydrogen-bond donors (Lipinski definition) is 0. The Morgan fingerprint density at radius 3 is 1.93 bits per heavy atom. The van der Waals surface area contributed by atoms with Crippen molar-refractivity contribution >= 4 is 15.7 Å². The van der Waals surface area contributed by atoms with Crippen molar-refractivity contribution < 1.29 is 17.9 Å². The number of sulfone groups is 1. The molecule has 3 aromatic carbocycles. The van der Waals surface area contributed by atoms with Gasteiger partial charge in [-0.1, -0.05) is 42.0 Å². The fraction of sp³-hybridized carbons (Fsp3) is 0.208. The van der Waals surface area contributed by atoms with E-state index in [0.29, 0.717) is 11.3 Å². The average Bonchev–Trinajstić information content (AvgIpc) is 2.73. The maximum atomic E-state index is 12.8. The summed E-state index contributed by atoms with van der Waals surface area (Å²) < 4.78 is 30.6. The summed E-state index contributed by atoms with van der Waals surface area (Å²) in [5, 5.41) is -0.582. The summed E-state index contributed by atoms with van der Waals surface area (Å²) in [4.78, 5) is 14.6. The Hall–Kier alpha value is -3.12. The van der Waals surface area contributed by atoms with E-state index in [1.165, 1.54) is 12.7 Å². The summed E-state index contributed by atoms with van der Waals surface area (Å²) in [6, 6.07) is 22.0. The zero-order valence-corrected chi connectivity index (χ0v) is 17.7. The molecule has 0 saturated carbocycles. The molecule has 1 aliphatic rings. The first kappa shape index (κ1) is 20.2. The molecule has 0 atom stereocenters. The largest absolute Gasteiger partial charge is 0.497 e. The van der Waals surface area contributed by atoms with Gasteiger partial charge >= 0.3 is 0 Å². The van der Waals surface area contributed by atoms with Crippen LogP contribution in [0.3, 0.4) is 0 Å². The molecule has 0 aromatic heterocycles. The van der Waals surface area contributed by atoms with Gasteiger partial charge in [0.25, 0.3) is 5.91 Å². The van der Waals surface area contributed by atoms with E-state index in [2.05, 4.69) is 24.3 Å². The minimum absolute atomic E-state index is 0.147. The number of nitrogens with zero attached hydrogens (tertiary/aromatic N) is 1. The van der Waals surface area contributed by atoms with Gasteiger partial charge in [0.05, 0.1) is 12.0 Å². The number of methoxy groups -OCH3 is 1. The summed E-state index contributed by atoms with van der Waals surface area (Å²) in [7, 11) is -1.94. The van der Waals surface area contributed by atoms with Gasteiger partial charge in [-0.15, -0.1) is 0 Å². The van der Waals surface area contributed by atoms with Crippen LogP contribution in [-0.4, -0.2) is 44.7 Å². The molecule has 0 N–H and O–H groups in total. The maximum absolute atomic E-state index is 12.8. The molecular weight excluding hydrogens is 398 g/mol. The third-order valence-electron chi connectivity index (χ3n) is 5.48. The van der Waals surface area contributed by atoms with Crippen molar-refractivity contribution in [3.63, 3.8) is 0 Å². The highest BCUT2D eigenvalue weighted by Crippen LogP contribution is 2.27. The van der Waals surface area contributed by atoms with Crippen molar-refractivity contribution in [2.75, 3.05) is 20.2 Å². The van der Waals surface area contributed by atoms with E-state index in [1.54, 1.807) is 41.3 Å². The third kappa shape index (κ3) is 3.83. The zero-order chi connectivity index (χ0) is 21.3. The topological polar surface area (TPSA) is 63.7 Å². The monoisotopic (exact) mass is 421 g/mol. The highest BCUT2D eigenvalue weighted by molar-refractivity contribution is 7.92. The second-order valence-electron chi connectivity index (χ2n) is 7.50. The molecule has 1 saturated heterocycles. The molecule has 1 aliphatic heterocycles. The van der Waals surface area contributed by atoms with Crippen molar-refractivity contribution in [1.29, 1.82) is 0 Å². The molecule has 0 radical (unpaired) electrons. The first-order chi connectivity index (χ1) is 14.4. The Bertz CT molecular complexity index is 1150. The van der Waals surface area contributed by atoms with Crippen LogP contribution in [0.4, 0.5) is 0 Å². The lowest BCUT2D eigenvalue weighted by molar-refractivity contribution is 0.0659. The molecule has 0 bridgehead atoms. The van der Waals surface area contributed by atoms with Crippen molar-refractivity contribution in [3.8, 4) is 16.9 Å². The lowest BCUT2D eigenvalue weighted by Crippen LogP contribution is -2.56. The predicted molar refractivity (Wildman–Crippen MR) is 116 cm³/mol. The normalized spacial score (nSPS) is 14.3. The van der Waals surface area contributed by atoms with Gasteiger partial charge in [0, 0.05) is 18.7 Å². The number of rotatable bonds is 5. The number of carbonyl (C=O) groups excluding carboxylic acids is 1. The smallest absolute Gasteiger partial charge is 0.253 e. The molecule has 4 rings (SSSR count). The quantitative estimate of drug-likeness (QED) is 0.625.